The number of ketones is 1. The zero-order valence-corrected chi connectivity index (χ0v) is 9.64. The Morgan fingerprint density at radius 3 is 2.62 bits per heavy atom. The Hall–Kier alpha value is -0.570. The Morgan fingerprint density at radius 2 is 2.23 bits per heavy atom. The minimum atomic E-state index is 0.122. The van der Waals surface area contributed by atoms with E-state index in [1.807, 2.05) is 6.07 Å². The van der Waals surface area contributed by atoms with E-state index in [2.05, 4.69) is 29.8 Å². The normalized spacial score (nSPS) is 10.8. The number of hydrogen-bond donors (Lipinski definition) is 0. The van der Waals surface area contributed by atoms with Gasteiger partial charge in [0, 0.05) is 5.92 Å². The summed E-state index contributed by atoms with van der Waals surface area (Å²) in [6, 6.07) is 1.87. The second-order valence-corrected chi connectivity index (χ2v) is 4.31. The summed E-state index contributed by atoms with van der Waals surface area (Å²) in [4.78, 5) is 10.8. The lowest BCUT2D eigenvalue weighted by Crippen LogP contribution is -1.93. The number of hydrogen-bond acceptors (Lipinski definition) is 2. The van der Waals surface area contributed by atoms with Crippen LogP contribution in [0.1, 0.15) is 38.2 Å². The minimum Gasteiger partial charge on any atom is -0.464 e. The van der Waals surface area contributed by atoms with Crippen molar-refractivity contribution < 1.29 is 9.21 Å². The van der Waals surface area contributed by atoms with E-state index in [1.165, 1.54) is 0 Å². The standard InChI is InChI=1S/C10H13BrO2/c1-6(2)10-9(11)5-8(13-10)4-7(3)12/h5-6H,4H2,1-3H3. The molecule has 0 aliphatic carbocycles. The van der Waals surface area contributed by atoms with Crippen molar-refractivity contribution in [2.45, 2.75) is 33.1 Å². The van der Waals surface area contributed by atoms with Crippen molar-refractivity contribution in [1.82, 2.24) is 0 Å². The van der Waals surface area contributed by atoms with Gasteiger partial charge in [0.2, 0.25) is 0 Å². The molecule has 0 unspecified atom stereocenters. The van der Waals surface area contributed by atoms with E-state index in [1.54, 1.807) is 6.92 Å². The van der Waals surface area contributed by atoms with E-state index in [4.69, 9.17) is 4.42 Å². The molecule has 0 aromatic carbocycles. The molecule has 13 heavy (non-hydrogen) atoms. The predicted octanol–water partition coefficient (Wildman–Crippen LogP) is 3.30. The van der Waals surface area contributed by atoms with E-state index in [9.17, 15) is 4.79 Å². The van der Waals surface area contributed by atoms with Crippen LogP contribution in [0.25, 0.3) is 0 Å². The average Bonchev–Trinajstić information content (AvgIpc) is 2.29. The van der Waals surface area contributed by atoms with E-state index in [-0.39, 0.29) is 5.78 Å². The lowest BCUT2D eigenvalue weighted by molar-refractivity contribution is -0.116. The second kappa shape index (κ2) is 4.09. The lowest BCUT2D eigenvalue weighted by Gasteiger charge is -1.99. The highest BCUT2D eigenvalue weighted by Crippen LogP contribution is 2.28. The van der Waals surface area contributed by atoms with Crippen LogP contribution in [0, 0.1) is 0 Å². The Morgan fingerprint density at radius 1 is 1.62 bits per heavy atom. The summed E-state index contributed by atoms with van der Waals surface area (Å²) in [5.74, 6) is 2.12. The van der Waals surface area contributed by atoms with Gasteiger partial charge in [-0.25, -0.2) is 0 Å². The molecule has 0 aliphatic heterocycles. The van der Waals surface area contributed by atoms with Gasteiger partial charge in [0.1, 0.15) is 17.3 Å². The quantitative estimate of drug-likeness (QED) is 0.817. The largest absolute Gasteiger partial charge is 0.464 e. The summed E-state index contributed by atoms with van der Waals surface area (Å²) < 4.78 is 6.48. The van der Waals surface area contributed by atoms with E-state index < -0.39 is 0 Å². The van der Waals surface area contributed by atoms with Gasteiger partial charge in [-0.2, -0.15) is 0 Å². The molecule has 0 saturated heterocycles. The molecule has 1 heterocycles. The van der Waals surface area contributed by atoms with Crippen molar-refractivity contribution in [3.8, 4) is 0 Å². The van der Waals surface area contributed by atoms with Crippen LogP contribution in [-0.2, 0) is 11.2 Å². The summed E-state index contributed by atoms with van der Waals surface area (Å²) in [7, 11) is 0. The zero-order valence-electron chi connectivity index (χ0n) is 8.06. The maximum Gasteiger partial charge on any atom is 0.137 e. The van der Waals surface area contributed by atoms with Crippen LogP contribution in [0.5, 0.6) is 0 Å². The van der Waals surface area contributed by atoms with Crippen LogP contribution in [0.3, 0.4) is 0 Å². The third kappa shape index (κ3) is 2.69. The van der Waals surface area contributed by atoms with Crippen molar-refractivity contribution in [2.75, 3.05) is 0 Å². The predicted molar refractivity (Wildman–Crippen MR) is 54.9 cm³/mol. The molecular formula is C10H13BrO2. The second-order valence-electron chi connectivity index (χ2n) is 3.46. The first-order valence-electron chi connectivity index (χ1n) is 4.28. The maximum atomic E-state index is 10.8. The van der Waals surface area contributed by atoms with Gasteiger partial charge in [0.05, 0.1) is 10.9 Å². The van der Waals surface area contributed by atoms with Crippen LogP contribution in [-0.4, -0.2) is 5.78 Å². The fraction of sp³-hybridized carbons (Fsp3) is 0.500. The van der Waals surface area contributed by atoms with Crippen LogP contribution >= 0.6 is 15.9 Å². The molecule has 0 saturated carbocycles. The van der Waals surface area contributed by atoms with Gasteiger partial charge in [-0.05, 0) is 28.9 Å². The van der Waals surface area contributed by atoms with Crippen molar-refractivity contribution in [3.05, 3.63) is 22.1 Å². The Bertz CT molecular complexity index is 313. The van der Waals surface area contributed by atoms with Gasteiger partial charge >= 0.3 is 0 Å². The van der Waals surface area contributed by atoms with E-state index in [0.717, 1.165) is 16.0 Å². The number of furan rings is 1. The number of Topliss-reactive ketones (excluding diaryl/α,β-unsaturated/α-hetero) is 1. The van der Waals surface area contributed by atoms with Gasteiger partial charge in [-0.1, -0.05) is 13.8 Å². The lowest BCUT2D eigenvalue weighted by atomic mass is 10.2. The molecule has 0 amide bonds. The Labute approximate surface area is 86.4 Å². The van der Waals surface area contributed by atoms with Crippen LogP contribution < -0.4 is 0 Å². The minimum absolute atomic E-state index is 0.122. The van der Waals surface area contributed by atoms with Crippen LogP contribution in [0.2, 0.25) is 0 Å². The van der Waals surface area contributed by atoms with E-state index >= 15 is 0 Å². The van der Waals surface area contributed by atoms with Crippen LogP contribution in [0.4, 0.5) is 0 Å². The third-order valence-electron chi connectivity index (χ3n) is 1.71. The zero-order chi connectivity index (χ0) is 10.0. The first-order valence-corrected chi connectivity index (χ1v) is 5.07. The van der Waals surface area contributed by atoms with Crippen molar-refractivity contribution in [1.29, 1.82) is 0 Å². The van der Waals surface area contributed by atoms with Crippen molar-refractivity contribution >= 4 is 21.7 Å². The summed E-state index contributed by atoms with van der Waals surface area (Å²) >= 11 is 3.40. The molecule has 0 fully saturated rings. The topological polar surface area (TPSA) is 30.2 Å². The molecule has 2 nitrogen and oxygen atoms in total. The summed E-state index contributed by atoms with van der Waals surface area (Å²) in [6.07, 6.45) is 0.380. The summed E-state index contributed by atoms with van der Waals surface area (Å²) in [6.45, 7) is 5.67. The highest BCUT2D eigenvalue weighted by Gasteiger charge is 2.12. The van der Waals surface area contributed by atoms with Gasteiger partial charge in [-0.3, -0.25) is 4.79 Å². The molecule has 3 heteroatoms. The molecule has 0 bridgehead atoms. The number of carbonyl (C=O) groups is 1. The van der Waals surface area contributed by atoms with Crippen LogP contribution in [0.15, 0.2) is 15.0 Å². The highest BCUT2D eigenvalue weighted by molar-refractivity contribution is 9.10. The summed E-state index contributed by atoms with van der Waals surface area (Å²) in [5, 5.41) is 0. The number of rotatable bonds is 3. The first-order chi connectivity index (χ1) is 6.00. The third-order valence-corrected chi connectivity index (χ3v) is 2.33. The molecule has 72 valence electrons. The summed E-state index contributed by atoms with van der Waals surface area (Å²) in [5.41, 5.74) is 0. The molecular weight excluding hydrogens is 232 g/mol. The molecule has 0 radical (unpaired) electrons. The van der Waals surface area contributed by atoms with Gasteiger partial charge < -0.3 is 4.42 Å². The fourth-order valence-electron chi connectivity index (χ4n) is 1.16. The Balaban J connectivity index is 2.88. The van der Waals surface area contributed by atoms with E-state index in [0.29, 0.717) is 12.3 Å². The van der Waals surface area contributed by atoms with Gasteiger partial charge in [0.25, 0.3) is 0 Å². The molecule has 0 atom stereocenters. The average molecular weight is 245 g/mol. The molecule has 1 aromatic heterocycles. The highest BCUT2D eigenvalue weighted by atomic mass is 79.9. The Kier molecular flexibility index (Phi) is 3.31. The molecule has 1 aromatic rings. The monoisotopic (exact) mass is 244 g/mol. The molecule has 0 aliphatic rings. The molecule has 0 N–H and O–H groups in total. The van der Waals surface area contributed by atoms with Gasteiger partial charge in [0.15, 0.2) is 0 Å². The van der Waals surface area contributed by atoms with Crippen molar-refractivity contribution in [3.63, 3.8) is 0 Å². The smallest absolute Gasteiger partial charge is 0.137 e. The molecule has 1 rings (SSSR count). The molecule has 0 spiro atoms. The number of carbonyl (C=O) groups excluding carboxylic acids is 1. The van der Waals surface area contributed by atoms with Gasteiger partial charge in [-0.15, -0.1) is 0 Å². The maximum absolute atomic E-state index is 10.8. The number of halogens is 1. The van der Waals surface area contributed by atoms with Crippen molar-refractivity contribution in [2.24, 2.45) is 0 Å². The SMILES string of the molecule is CC(=O)Cc1cc(Br)c(C(C)C)o1. The first kappa shape index (κ1) is 10.5. The fourth-order valence-corrected chi connectivity index (χ4v) is 1.95.